The van der Waals surface area contributed by atoms with Crippen molar-refractivity contribution in [2.75, 3.05) is 6.54 Å². The Morgan fingerprint density at radius 1 is 0.912 bits per heavy atom. The van der Waals surface area contributed by atoms with Gasteiger partial charge in [-0.25, -0.2) is 0 Å². The molecule has 0 radical (unpaired) electrons. The Kier molecular flexibility index (Phi) is 13.9. The van der Waals surface area contributed by atoms with Crippen LogP contribution in [-0.2, 0) is 24.0 Å². The third-order valence-corrected chi connectivity index (χ3v) is 5.14. The topological polar surface area (TPSA) is 258 Å². The summed E-state index contributed by atoms with van der Waals surface area (Å²) in [5.74, 6) is -4.30. The summed E-state index contributed by atoms with van der Waals surface area (Å²) < 4.78 is 0. The van der Waals surface area contributed by atoms with Crippen LogP contribution in [0.25, 0.3) is 0 Å². The molecule has 12 N–H and O–H groups in total. The van der Waals surface area contributed by atoms with Crippen LogP contribution in [0.3, 0.4) is 0 Å². The van der Waals surface area contributed by atoms with Gasteiger partial charge < -0.3 is 44.0 Å². The maximum atomic E-state index is 13.0. The number of rotatable bonds is 16. The fourth-order valence-electron chi connectivity index (χ4n) is 2.80. The molecule has 0 heterocycles. The van der Waals surface area contributed by atoms with Gasteiger partial charge in [-0.3, -0.25) is 29.0 Å². The van der Waals surface area contributed by atoms with Crippen LogP contribution >= 0.6 is 0 Å². The minimum absolute atomic E-state index is 0.0128. The molecular weight excluding hydrogens is 448 g/mol. The molecule has 0 unspecified atom stereocenters. The fraction of sp³-hybridized carbons (Fsp3) is 0.700. The lowest BCUT2D eigenvalue weighted by Crippen LogP contribution is -2.58. The average molecular weight is 487 g/mol. The Bertz CT molecular complexity index is 755. The normalized spacial score (nSPS) is 15.1. The van der Waals surface area contributed by atoms with E-state index in [0.717, 1.165) is 0 Å². The monoisotopic (exact) mass is 486 g/mol. The van der Waals surface area contributed by atoms with Crippen LogP contribution in [0.1, 0.15) is 52.9 Å². The first-order chi connectivity index (χ1) is 15.8. The van der Waals surface area contributed by atoms with Crippen molar-refractivity contribution in [2.24, 2.45) is 33.8 Å². The molecule has 0 aromatic carbocycles. The Morgan fingerprint density at radius 3 is 2.03 bits per heavy atom. The number of aliphatic imine (C=N–C) groups is 1. The molecule has 194 valence electrons. The van der Waals surface area contributed by atoms with Crippen LogP contribution in [0.4, 0.5) is 0 Å². The standard InChI is InChI=1S/C20H38N8O6/c1-4-10(2)15(28-16(30)12(21)7-8-14(22)29)18(32)27-13(6-5-9-25-20(23)24)17(31)26-11(3)19(33)34/h10-13,15H,4-9,21H2,1-3H3,(H2,22,29)(H,26,31)(H,27,32)(H,28,30)(H,33,34)(H4,23,24,25)/t10-,11-,12-,13-,15-/m0/s1. The summed E-state index contributed by atoms with van der Waals surface area (Å²) in [7, 11) is 0. The molecule has 14 nitrogen and oxygen atoms in total. The average Bonchev–Trinajstić information content (AvgIpc) is 2.76. The van der Waals surface area contributed by atoms with Gasteiger partial charge in [-0.2, -0.15) is 0 Å². The first-order valence-corrected chi connectivity index (χ1v) is 11.0. The number of hydrogen-bond donors (Lipinski definition) is 8. The number of guanidine groups is 1. The number of hydrogen-bond acceptors (Lipinski definition) is 7. The molecule has 0 aliphatic rings. The van der Waals surface area contributed by atoms with E-state index >= 15 is 0 Å². The number of aliphatic carboxylic acids is 1. The quantitative estimate of drug-likeness (QED) is 0.0637. The molecule has 34 heavy (non-hydrogen) atoms. The van der Waals surface area contributed by atoms with Crippen molar-refractivity contribution in [1.82, 2.24) is 16.0 Å². The van der Waals surface area contributed by atoms with Crippen molar-refractivity contribution in [3.8, 4) is 0 Å². The smallest absolute Gasteiger partial charge is 0.325 e. The summed E-state index contributed by atoms with van der Waals surface area (Å²) in [4.78, 5) is 64.0. The second-order valence-corrected chi connectivity index (χ2v) is 8.06. The molecule has 0 bridgehead atoms. The maximum Gasteiger partial charge on any atom is 0.325 e. The highest BCUT2D eigenvalue weighted by Gasteiger charge is 2.31. The van der Waals surface area contributed by atoms with Gasteiger partial charge in [-0.05, 0) is 32.1 Å². The molecule has 0 rings (SSSR count). The number of nitrogens with two attached hydrogens (primary N) is 4. The molecule has 0 saturated carbocycles. The molecule has 4 amide bonds. The highest BCUT2D eigenvalue weighted by molar-refractivity contribution is 5.94. The van der Waals surface area contributed by atoms with Crippen molar-refractivity contribution in [3.63, 3.8) is 0 Å². The lowest BCUT2D eigenvalue weighted by atomic mass is 9.96. The summed E-state index contributed by atoms with van der Waals surface area (Å²) in [5.41, 5.74) is 21.4. The number of nitrogens with one attached hydrogen (secondary N) is 3. The second-order valence-electron chi connectivity index (χ2n) is 8.06. The first-order valence-electron chi connectivity index (χ1n) is 11.0. The number of amides is 4. The third kappa shape index (κ3) is 12.0. The molecule has 0 saturated heterocycles. The van der Waals surface area contributed by atoms with E-state index in [4.69, 9.17) is 28.0 Å². The van der Waals surface area contributed by atoms with Crippen molar-refractivity contribution in [2.45, 2.75) is 77.0 Å². The summed E-state index contributed by atoms with van der Waals surface area (Å²) in [5, 5.41) is 16.5. The van der Waals surface area contributed by atoms with Crippen molar-refractivity contribution >= 4 is 35.6 Å². The zero-order valence-electron chi connectivity index (χ0n) is 19.9. The van der Waals surface area contributed by atoms with Gasteiger partial charge in [0.1, 0.15) is 18.1 Å². The zero-order chi connectivity index (χ0) is 26.4. The predicted octanol–water partition coefficient (Wildman–Crippen LogP) is -2.76. The fourth-order valence-corrected chi connectivity index (χ4v) is 2.80. The molecule has 0 aromatic heterocycles. The van der Waals surface area contributed by atoms with Crippen LogP contribution in [0.5, 0.6) is 0 Å². The van der Waals surface area contributed by atoms with Crippen LogP contribution in [0.2, 0.25) is 0 Å². The summed E-state index contributed by atoms with van der Waals surface area (Å²) in [6, 6.07) is -4.36. The lowest BCUT2D eigenvalue weighted by Gasteiger charge is -2.27. The highest BCUT2D eigenvalue weighted by atomic mass is 16.4. The molecular formula is C20H38N8O6. The van der Waals surface area contributed by atoms with Gasteiger partial charge in [0.25, 0.3) is 0 Å². The van der Waals surface area contributed by atoms with Crippen molar-refractivity contribution in [3.05, 3.63) is 0 Å². The Hall–Kier alpha value is -3.42. The molecule has 0 aliphatic carbocycles. The van der Waals surface area contributed by atoms with E-state index in [1.54, 1.807) is 6.92 Å². The van der Waals surface area contributed by atoms with E-state index < -0.39 is 53.8 Å². The molecule has 0 spiro atoms. The molecule has 0 aliphatic heterocycles. The zero-order valence-corrected chi connectivity index (χ0v) is 19.9. The van der Waals surface area contributed by atoms with Crippen molar-refractivity contribution in [1.29, 1.82) is 0 Å². The van der Waals surface area contributed by atoms with Gasteiger partial charge in [0.2, 0.25) is 23.6 Å². The third-order valence-electron chi connectivity index (χ3n) is 5.14. The van der Waals surface area contributed by atoms with Gasteiger partial charge in [-0.15, -0.1) is 0 Å². The SMILES string of the molecule is CC[C@H](C)[C@H](NC(=O)[C@@H](N)CCC(N)=O)C(=O)N[C@@H](CCCN=C(N)N)C(=O)N[C@@H](C)C(=O)O. The van der Waals surface area contributed by atoms with Crippen LogP contribution in [0.15, 0.2) is 4.99 Å². The van der Waals surface area contributed by atoms with Gasteiger partial charge >= 0.3 is 5.97 Å². The number of carboxylic acids is 1. The summed E-state index contributed by atoms with van der Waals surface area (Å²) in [6.07, 6.45) is 0.871. The minimum Gasteiger partial charge on any atom is -0.480 e. The molecule has 0 fully saturated rings. The van der Waals surface area contributed by atoms with Crippen molar-refractivity contribution < 1.29 is 29.1 Å². The lowest BCUT2D eigenvalue weighted by molar-refractivity contribution is -0.142. The van der Waals surface area contributed by atoms with Gasteiger partial charge in [-0.1, -0.05) is 20.3 Å². The van der Waals surface area contributed by atoms with E-state index in [0.29, 0.717) is 12.8 Å². The predicted molar refractivity (Wildman–Crippen MR) is 125 cm³/mol. The Balaban J connectivity index is 5.47. The van der Waals surface area contributed by atoms with E-state index in [-0.39, 0.29) is 37.7 Å². The van der Waals surface area contributed by atoms with E-state index in [1.165, 1.54) is 6.92 Å². The Morgan fingerprint density at radius 2 is 1.53 bits per heavy atom. The van der Waals surface area contributed by atoms with E-state index in [1.807, 2.05) is 6.92 Å². The number of carbonyl (C=O) groups excluding carboxylic acids is 4. The van der Waals surface area contributed by atoms with E-state index in [9.17, 15) is 24.0 Å². The second kappa shape index (κ2) is 15.4. The van der Waals surface area contributed by atoms with Crippen LogP contribution < -0.4 is 38.9 Å². The number of carboxylic acid groups (broad SMARTS) is 1. The molecule has 0 aromatic rings. The summed E-state index contributed by atoms with van der Waals surface area (Å²) in [6.45, 7) is 5.03. The van der Waals surface area contributed by atoms with Crippen LogP contribution in [-0.4, -0.2) is 71.4 Å². The molecule has 14 heteroatoms. The number of primary amides is 1. The van der Waals surface area contributed by atoms with Gasteiger partial charge in [0.05, 0.1) is 6.04 Å². The first kappa shape index (κ1) is 30.6. The van der Waals surface area contributed by atoms with Gasteiger partial charge in [0, 0.05) is 13.0 Å². The Labute approximate surface area is 198 Å². The largest absolute Gasteiger partial charge is 0.480 e. The van der Waals surface area contributed by atoms with Gasteiger partial charge in [0.15, 0.2) is 5.96 Å². The summed E-state index contributed by atoms with van der Waals surface area (Å²) >= 11 is 0. The van der Waals surface area contributed by atoms with Crippen LogP contribution in [0, 0.1) is 5.92 Å². The van der Waals surface area contributed by atoms with E-state index in [2.05, 4.69) is 20.9 Å². The number of nitrogens with zero attached hydrogens (tertiary/aromatic N) is 1. The number of carbonyl (C=O) groups is 5. The minimum atomic E-state index is -1.24. The molecule has 5 atom stereocenters. The highest BCUT2D eigenvalue weighted by Crippen LogP contribution is 2.10. The maximum absolute atomic E-state index is 13.0.